The van der Waals surface area contributed by atoms with E-state index in [-0.39, 0.29) is 6.61 Å². The fourth-order valence-corrected chi connectivity index (χ4v) is 2.59. The molecule has 0 bridgehead atoms. The van der Waals surface area contributed by atoms with E-state index < -0.39 is 28.8 Å². The number of halogens is 2. The first kappa shape index (κ1) is 17.0. The summed E-state index contributed by atoms with van der Waals surface area (Å²) in [7, 11) is 0. The van der Waals surface area contributed by atoms with Crippen molar-refractivity contribution in [2.45, 2.75) is 12.5 Å². The first-order chi connectivity index (χ1) is 11.9. The van der Waals surface area contributed by atoms with Crippen LogP contribution in [0.15, 0.2) is 41.5 Å². The first-order valence-electron chi connectivity index (χ1n) is 7.52. The number of carbonyl (C=O) groups is 1. The molecule has 3 rings (SSSR count). The molecule has 0 saturated carbocycles. The van der Waals surface area contributed by atoms with E-state index in [1.807, 2.05) is 13.0 Å². The fraction of sp³-hybridized carbons (Fsp3) is 0.235. The third-order valence-electron chi connectivity index (χ3n) is 3.79. The van der Waals surface area contributed by atoms with E-state index in [2.05, 4.69) is 15.3 Å². The number of anilines is 1. The molecule has 0 spiro atoms. The van der Waals surface area contributed by atoms with Gasteiger partial charge in [0.05, 0.1) is 12.8 Å². The maximum absolute atomic E-state index is 13.7. The van der Waals surface area contributed by atoms with Crippen LogP contribution in [0.1, 0.15) is 23.0 Å². The van der Waals surface area contributed by atoms with E-state index in [4.69, 9.17) is 10.5 Å². The Morgan fingerprint density at radius 2 is 2.16 bits per heavy atom. The van der Waals surface area contributed by atoms with Crippen molar-refractivity contribution in [1.29, 1.82) is 0 Å². The van der Waals surface area contributed by atoms with Crippen molar-refractivity contribution < 1.29 is 18.3 Å². The van der Waals surface area contributed by atoms with Crippen LogP contribution in [0.25, 0.3) is 0 Å². The molecule has 1 aliphatic rings. The Kier molecular flexibility index (Phi) is 4.45. The molecular formula is C17H16F2N4O2. The summed E-state index contributed by atoms with van der Waals surface area (Å²) in [5.74, 6) is -2.26. The summed E-state index contributed by atoms with van der Waals surface area (Å²) < 4.78 is 32.0. The minimum atomic E-state index is -1.03. The second-order valence-electron chi connectivity index (χ2n) is 5.89. The largest absolute Gasteiger partial charge is 0.386 e. The first-order valence-corrected chi connectivity index (χ1v) is 7.52. The zero-order valence-electron chi connectivity index (χ0n) is 13.4. The van der Waals surface area contributed by atoms with Crippen LogP contribution in [0, 0.1) is 11.6 Å². The predicted octanol–water partition coefficient (Wildman–Crippen LogP) is 2.21. The molecule has 130 valence electrons. The average Bonchev–Trinajstić information content (AvgIpc) is 2.54. The van der Waals surface area contributed by atoms with Crippen LogP contribution < -0.4 is 11.1 Å². The molecular weight excluding hydrogens is 330 g/mol. The maximum atomic E-state index is 13.7. The van der Waals surface area contributed by atoms with Gasteiger partial charge < -0.3 is 15.8 Å². The van der Waals surface area contributed by atoms with Gasteiger partial charge in [0.15, 0.2) is 11.5 Å². The molecule has 8 heteroatoms. The van der Waals surface area contributed by atoms with Crippen LogP contribution >= 0.6 is 0 Å². The number of rotatable bonds is 3. The van der Waals surface area contributed by atoms with E-state index in [1.165, 1.54) is 0 Å². The summed E-state index contributed by atoms with van der Waals surface area (Å²) in [6.45, 7) is 2.49. The smallest absolute Gasteiger partial charge is 0.277 e. The lowest BCUT2D eigenvalue weighted by molar-refractivity contribution is 0.101. The van der Waals surface area contributed by atoms with Crippen LogP contribution in [-0.4, -0.2) is 29.9 Å². The van der Waals surface area contributed by atoms with Crippen molar-refractivity contribution in [2.24, 2.45) is 10.7 Å². The Bertz CT molecular complexity index is 856. The number of nitrogens with two attached hydrogens (primary N) is 1. The minimum Gasteiger partial charge on any atom is -0.386 e. The van der Waals surface area contributed by atoms with Crippen LogP contribution in [0.5, 0.6) is 0 Å². The zero-order chi connectivity index (χ0) is 18.0. The molecule has 1 amide bonds. The Hall–Kier alpha value is -2.87. The zero-order valence-corrected chi connectivity index (χ0v) is 13.4. The molecule has 0 radical (unpaired) electrons. The van der Waals surface area contributed by atoms with Gasteiger partial charge in [-0.2, -0.15) is 0 Å². The van der Waals surface area contributed by atoms with E-state index >= 15 is 0 Å². The Morgan fingerprint density at radius 1 is 1.36 bits per heavy atom. The number of aromatic nitrogens is 1. The Labute approximate surface area is 142 Å². The number of hydrogen-bond donors (Lipinski definition) is 2. The quantitative estimate of drug-likeness (QED) is 0.892. The highest BCUT2D eigenvalue weighted by Crippen LogP contribution is 2.30. The number of hydrogen-bond acceptors (Lipinski definition) is 5. The molecule has 25 heavy (non-hydrogen) atoms. The van der Waals surface area contributed by atoms with Gasteiger partial charge in [0.2, 0.25) is 0 Å². The molecule has 6 nitrogen and oxygen atoms in total. The molecule has 0 fully saturated rings. The molecule has 3 N–H and O–H groups in total. The molecule has 1 atom stereocenters. The van der Waals surface area contributed by atoms with E-state index in [1.54, 1.807) is 18.2 Å². The van der Waals surface area contributed by atoms with Gasteiger partial charge in [-0.05, 0) is 24.6 Å². The summed E-state index contributed by atoms with van der Waals surface area (Å²) in [5, 5.41) is 2.54. The molecule has 1 aromatic carbocycles. The van der Waals surface area contributed by atoms with E-state index in [0.717, 1.165) is 11.8 Å². The van der Waals surface area contributed by atoms with E-state index in [0.29, 0.717) is 24.2 Å². The monoisotopic (exact) mass is 346 g/mol. The van der Waals surface area contributed by atoms with E-state index in [9.17, 15) is 13.6 Å². The standard InChI is InChI=1S/C17H16F2N4O2/c1-17(9-25-8-14(20)23-17)10-3-2-4-12(5-10)22-16(24)15-13(19)6-11(18)7-21-15/h2-7H,8-9H2,1H3,(H2,20,23)(H,22,24). The predicted molar refractivity (Wildman–Crippen MR) is 88.3 cm³/mol. The number of amides is 1. The number of pyridine rings is 1. The van der Waals surface area contributed by atoms with Crippen molar-refractivity contribution in [2.75, 3.05) is 18.5 Å². The number of nitrogens with one attached hydrogen (secondary N) is 1. The average molecular weight is 346 g/mol. The number of benzene rings is 1. The molecule has 1 aromatic heterocycles. The van der Waals surface area contributed by atoms with Crippen molar-refractivity contribution in [3.8, 4) is 0 Å². The van der Waals surface area contributed by atoms with Crippen LogP contribution in [0.4, 0.5) is 14.5 Å². The second-order valence-corrected chi connectivity index (χ2v) is 5.89. The van der Waals surface area contributed by atoms with Crippen molar-refractivity contribution in [3.63, 3.8) is 0 Å². The third kappa shape index (κ3) is 3.63. The Morgan fingerprint density at radius 3 is 2.88 bits per heavy atom. The maximum Gasteiger partial charge on any atom is 0.277 e. The van der Waals surface area contributed by atoms with Crippen molar-refractivity contribution in [1.82, 2.24) is 4.98 Å². The van der Waals surface area contributed by atoms with Gasteiger partial charge in [0.1, 0.15) is 23.8 Å². The van der Waals surface area contributed by atoms with Gasteiger partial charge in [-0.15, -0.1) is 0 Å². The molecule has 1 aliphatic heterocycles. The van der Waals surface area contributed by atoms with Gasteiger partial charge in [0, 0.05) is 11.8 Å². The van der Waals surface area contributed by atoms with Crippen LogP contribution in [-0.2, 0) is 10.3 Å². The normalized spacial score (nSPS) is 20.0. The van der Waals surface area contributed by atoms with Crippen LogP contribution in [0.2, 0.25) is 0 Å². The summed E-state index contributed by atoms with van der Waals surface area (Å²) in [5.41, 5.74) is 5.79. The van der Waals surface area contributed by atoms with Gasteiger partial charge in [-0.1, -0.05) is 12.1 Å². The summed E-state index contributed by atoms with van der Waals surface area (Å²) >= 11 is 0. The topological polar surface area (TPSA) is 89.6 Å². The molecule has 0 saturated heterocycles. The van der Waals surface area contributed by atoms with Gasteiger partial charge >= 0.3 is 0 Å². The number of nitrogens with zero attached hydrogens (tertiary/aromatic N) is 2. The van der Waals surface area contributed by atoms with Gasteiger partial charge in [0.25, 0.3) is 5.91 Å². The molecule has 1 unspecified atom stereocenters. The Balaban J connectivity index is 1.85. The third-order valence-corrected chi connectivity index (χ3v) is 3.79. The second kappa shape index (κ2) is 6.56. The summed E-state index contributed by atoms with van der Waals surface area (Å²) in [6.07, 6.45) is 0.784. The van der Waals surface area contributed by atoms with Gasteiger partial charge in [-0.3, -0.25) is 9.79 Å². The number of carbonyl (C=O) groups excluding carboxylic acids is 1. The summed E-state index contributed by atoms with van der Waals surface area (Å²) in [4.78, 5) is 20.1. The molecule has 2 heterocycles. The lowest BCUT2D eigenvalue weighted by Gasteiger charge is -2.30. The summed E-state index contributed by atoms with van der Waals surface area (Å²) in [6, 6.07) is 7.51. The lowest BCUT2D eigenvalue weighted by atomic mass is 9.92. The van der Waals surface area contributed by atoms with Crippen molar-refractivity contribution in [3.05, 3.63) is 59.4 Å². The number of amidine groups is 1. The SMILES string of the molecule is CC1(c2cccc(NC(=O)c3ncc(F)cc3F)c2)COCC(N)=N1. The highest BCUT2D eigenvalue weighted by Gasteiger charge is 2.30. The minimum absolute atomic E-state index is 0.279. The van der Waals surface area contributed by atoms with Crippen molar-refractivity contribution >= 4 is 17.4 Å². The van der Waals surface area contributed by atoms with Crippen LogP contribution in [0.3, 0.4) is 0 Å². The number of ether oxygens (including phenoxy) is 1. The number of aliphatic imine (C=N–C) groups is 1. The van der Waals surface area contributed by atoms with Gasteiger partial charge in [-0.25, -0.2) is 13.8 Å². The highest BCUT2D eigenvalue weighted by molar-refractivity contribution is 6.03. The fourth-order valence-electron chi connectivity index (χ4n) is 2.59. The highest BCUT2D eigenvalue weighted by atomic mass is 19.1. The molecule has 2 aromatic rings. The molecule has 0 aliphatic carbocycles. The lowest BCUT2D eigenvalue weighted by Crippen LogP contribution is -2.37.